The van der Waals surface area contributed by atoms with E-state index in [0.717, 1.165) is 0 Å². The van der Waals surface area contributed by atoms with Gasteiger partial charge in [0.05, 0.1) is 0 Å². The Kier molecular flexibility index (Phi) is 6.59. The fourth-order valence-corrected chi connectivity index (χ4v) is 6.62. The van der Waals surface area contributed by atoms with Gasteiger partial charge in [0.15, 0.2) is 0 Å². The van der Waals surface area contributed by atoms with E-state index in [1.54, 1.807) is 0 Å². The van der Waals surface area contributed by atoms with Crippen molar-refractivity contribution >= 4 is 44.5 Å². The molecule has 0 nitrogen and oxygen atoms in total. The van der Waals surface area contributed by atoms with Crippen LogP contribution >= 0.6 is 0 Å². The van der Waals surface area contributed by atoms with Gasteiger partial charge in [0.1, 0.15) is 0 Å². The summed E-state index contributed by atoms with van der Waals surface area (Å²) in [5.74, 6) is 0. The van der Waals surface area contributed by atoms with Crippen LogP contribution in [0, 0.1) is 0 Å². The first-order chi connectivity index (χ1) is 21.8. The Morgan fingerprint density at radius 2 is 0.727 bits per heavy atom. The summed E-state index contributed by atoms with van der Waals surface area (Å²) in [5, 5.41) is 7.62. The van der Waals surface area contributed by atoms with Crippen molar-refractivity contribution in [3.05, 3.63) is 181 Å². The highest BCUT2D eigenvalue weighted by Gasteiger charge is 2.18. The second-order valence-electron chi connectivity index (χ2n) is 11.3. The van der Waals surface area contributed by atoms with Gasteiger partial charge in [-0.2, -0.15) is 0 Å². The predicted octanol–water partition coefficient (Wildman–Crippen LogP) is 12.3. The average molecular weight is 559 g/mol. The largest absolute Gasteiger partial charge is 0.0622 e. The first kappa shape index (κ1) is 25.9. The summed E-state index contributed by atoms with van der Waals surface area (Å²) in [6.45, 7) is 0. The van der Waals surface area contributed by atoms with E-state index in [2.05, 4.69) is 182 Å². The molecule has 0 bridgehead atoms. The molecule has 0 heteroatoms. The molecule has 0 amide bonds. The van der Waals surface area contributed by atoms with Gasteiger partial charge in [0.25, 0.3) is 0 Å². The monoisotopic (exact) mass is 558 g/mol. The lowest BCUT2D eigenvalue weighted by atomic mass is 9.84. The molecule has 8 rings (SSSR count). The standard InChI is InChI=1S/C44H30/c1-3-13-32(14-4-1)33-26-23-31(24-27-33)25-28-34-29-30-42(37-18-8-7-17-36(34)37)44-40-21-11-9-19-38(40)43(35-15-5-2-6-16-35)39-20-10-12-22-41(39)44/h1-30H/b28-25+. The van der Waals surface area contributed by atoms with E-state index < -0.39 is 0 Å². The highest BCUT2D eigenvalue weighted by Crippen LogP contribution is 2.45. The summed E-state index contributed by atoms with van der Waals surface area (Å²) in [6, 6.07) is 61.3. The molecule has 0 heterocycles. The molecule has 0 aliphatic carbocycles. The zero-order chi connectivity index (χ0) is 29.3. The fraction of sp³-hybridized carbons (Fsp3) is 0. The molecule has 0 fully saturated rings. The predicted molar refractivity (Wildman–Crippen MR) is 191 cm³/mol. The summed E-state index contributed by atoms with van der Waals surface area (Å²) in [5.41, 5.74) is 9.96. The van der Waals surface area contributed by atoms with Crippen molar-refractivity contribution in [1.82, 2.24) is 0 Å². The molecular weight excluding hydrogens is 528 g/mol. The molecule has 206 valence electrons. The van der Waals surface area contributed by atoms with Gasteiger partial charge in [-0.05, 0) is 76.8 Å². The molecule has 8 aromatic rings. The van der Waals surface area contributed by atoms with E-state index in [0.29, 0.717) is 0 Å². The molecule has 0 saturated carbocycles. The van der Waals surface area contributed by atoms with E-state index in [-0.39, 0.29) is 0 Å². The van der Waals surface area contributed by atoms with Crippen molar-refractivity contribution in [2.75, 3.05) is 0 Å². The molecule has 0 aromatic heterocycles. The topological polar surface area (TPSA) is 0 Å². The van der Waals surface area contributed by atoms with Crippen LogP contribution in [0.3, 0.4) is 0 Å². The second kappa shape index (κ2) is 11.2. The van der Waals surface area contributed by atoms with Gasteiger partial charge in [-0.15, -0.1) is 0 Å². The summed E-state index contributed by atoms with van der Waals surface area (Å²) in [4.78, 5) is 0. The Labute approximate surface area is 258 Å². The van der Waals surface area contributed by atoms with Crippen LogP contribution in [0.4, 0.5) is 0 Å². The fourth-order valence-electron chi connectivity index (χ4n) is 6.62. The van der Waals surface area contributed by atoms with Crippen molar-refractivity contribution in [3.63, 3.8) is 0 Å². The maximum absolute atomic E-state index is 2.32. The van der Waals surface area contributed by atoms with Crippen molar-refractivity contribution in [2.24, 2.45) is 0 Å². The minimum absolute atomic E-state index is 1.19. The van der Waals surface area contributed by atoms with Crippen LogP contribution in [0.1, 0.15) is 11.1 Å². The third kappa shape index (κ3) is 4.58. The molecular formula is C44H30. The van der Waals surface area contributed by atoms with Crippen LogP contribution in [0.25, 0.3) is 77.9 Å². The number of fused-ring (bicyclic) bond motifs is 3. The summed E-state index contributed by atoms with van der Waals surface area (Å²) < 4.78 is 0. The molecule has 0 aliphatic rings. The van der Waals surface area contributed by atoms with Gasteiger partial charge in [0, 0.05) is 0 Å². The van der Waals surface area contributed by atoms with Crippen molar-refractivity contribution in [1.29, 1.82) is 0 Å². The zero-order valence-corrected chi connectivity index (χ0v) is 24.3. The second-order valence-corrected chi connectivity index (χ2v) is 11.3. The summed E-state index contributed by atoms with van der Waals surface area (Å²) >= 11 is 0. The quantitative estimate of drug-likeness (QED) is 0.146. The normalized spacial score (nSPS) is 11.5. The van der Waals surface area contributed by atoms with Gasteiger partial charge >= 0.3 is 0 Å². The molecule has 0 spiro atoms. The highest BCUT2D eigenvalue weighted by molar-refractivity contribution is 6.23. The van der Waals surface area contributed by atoms with E-state index in [1.165, 1.54) is 76.8 Å². The molecule has 8 aromatic carbocycles. The minimum Gasteiger partial charge on any atom is -0.0622 e. The molecule has 0 aliphatic heterocycles. The Morgan fingerprint density at radius 1 is 0.273 bits per heavy atom. The molecule has 0 radical (unpaired) electrons. The van der Waals surface area contributed by atoms with E-state index in [9.17, 15) is 0 Å². The lowest BCUT2D eigenvalue weighted by Gasteiger charge is -2.19. The van der Waals surface area contributed by atoms with Crippen LogP contribution in [0.2, 0.25) is 0 Å². The van der Waals surface area contributed by atoms with Crippen LogP contribution in [0.5, 0.6) is 0 Å². The molecule has 0 saturated heterocycles. The average Bonchev–Trinajstić information content (AvgIpc) is 3.10. The van der Waals surface area contributed by atoms with Gasteiger partial charge in [-0.25, -0.2) is 0 Å². The number of hydrogen-bond acceptors (Lipinski definition) is 0. The Morgan fingerprint density at radius 3 is 1.32 bits per heavy atom. The lowest BCUT2D eigenvalue weighted by molar-refractivity contribution is 1.60. The van der Waals surface area contributed by atoms with Gasteiger partial charge in [0.2, 0.25) is 0 Å². The van der Waals surface area contributed by atoms with Gasteiger partial charge < -0.3 is 0 Å². The maximum Gasteiger partial charge on any atom is -0.00201 e. The van der Waals surface area contributed by atoms with Crippen LogP contribution in [-0.2, 0) is 0 Å². The van der Waals surface area contributed by atoms with Crippen molar-refractivity contribution in [2.45, 2.75) is 0 Å². The zero-order valence-electron chi connectivity index (χ0n) is 24.3. The molecule has 0 unspecified atom stereocenters. The Hall–Kier alpha value is -5.72. The molecule has 0 atom stereocenters. The first-order valence-electron chi connectivity index (χ1n) is 15.2. The first-order valence-corrected chi connectivity index (χ1v) is 15.2. The van der Waals surface area contributed by atoms with Gasteiger partial charge in [-0.1, -0.05) is 182 Å². The SMILES string of the molecule is C(=C\c1ccc(-c2c3ccccc3c(-c3ccccc3)c3ccccc23)c2ccccc12)/c1ccc(-c2ccccc2)cc1. The molecule has 44 heavy (non-hydrogen) atoms. The Balaban J connectivity index is 1.28. The maximum atomic E-state index is 2.32. The van der Waals surface area contributed by atoms with Crippen molar-refractivity contribution in [3.8, 4) is 33.4 Å². The van der Waals surface area contributed by atoms with Crippen LogP contribution < -0.4 is 0 Å². The smallest absolute Gasteiger partial charge is 0.00201 e. The van der Waals surface area contributed by atoms with E-state index in [4.69, 9.17) is 0 Å². The van der Waals surface area contributed by atoms with Crippen molar-refractivity contribution < 1.29 is 0 Å². The third-order valence-electron chi connectivity index (χ3n) is 8.69. The number of benzene rings is 8. The number of rotatable bonds is 5. The Bertz CT molecular complexity index is 2230. The summed E-state index contributed by atoms with van der Waals surface area (Å²) in [6.07, 6.45) is 4.47. The summed E-state index contributed by atoms with van der Waals surface area (Å²) in [7, 11) is 0. The lowest BCUT2D eigenvalue weighted by Crippen LogP contribution is -1.92. The van der Waals surface area contributed by atoms with Crippen LogP contribution in [0.15, 0.2) is 170 Å². The number of hydrogen-bond donors (Lipinski definition) is 0. The third-order valence-corrected chi connectivity index (χ3v) is 8.69. The highest BCUT2D eigenvalue weighted by atomic mass is 14.2. The van der Waals surface area contributed by atoms with E-state index in [1.807, 2.05) is 0 Å². The minimum atomic E-state index is 1.19. The van der Waals surface area contributed by atoms with E-state index >= 15 is 0 Å². The van der Waals surface area contributed by atoms with Gasteiger partial charge in [-0.3, -0.25) is 0 Å². The van der Waals surface area contributed by atoms with Crippen LogP contribution in [-0.4, -0.2) is 0 Å². The molecule has 0 N–H and O–H groups in total.